The van der Waals surface area contributed by atoms with Crippen molar-refractivity contribution in [3.05, 3.63) is 0 Å². The molecule has 3 aliphatic heterocycles. The minimum absolute atomic E-state index is 0.0787. The van der Waals surface area contributed by atoms with Gasteiger partial charge in [0.15, 0.2) is 0 Å². The molecule has 0 aromatic heterocycles. The topological polar surface area (TPSA) is 41.6 Å². The Kier molecular flexibility index (Phi) is 3.59. The minimum Gasteiger partial charge on any atom is -0.465 e. The van der Waals surface area contributed by atoms with E-state index in [2.05, 4.69) is 10.2 Å². The number of carbonyl (C=O) groups excluding carboxylic acids is 1. The van der Waals surface area contributed by atoms with E-state index in [0.29, 0.717) is 25.2 Å². The zero-order valence-electron chi connectivity index (χ0n) is 9.37. The molecule has 0 radical (unpaired) electrons. The zero-order valence-corrected chi connectivity index (χ0v) is 9.37. The van der Waals surface area contributed by atoms with Crippen molar-refractivity contribution in [1.82, 2.24) is 10.2 Å². The third-order valence-electron chi connectivity index (χ3n) is 3.37. The molecule has 3 saturated heterocycles. The lowest BCUT2D eigenvalue weighted by Crippen LogP contribution is -2.48. The van der Waals surface area contributed by atoms with Gasteiger partial charge < -0.3 is 10.1 Å². The largest absolute Gasteiger partial charge is 0.465 e. The molecule has 0 spiro atoms. The fourth-order valence-electron chi connectivity index (χ4n) is 2.61. The van der Waals surface area contributed by atoms with Gasteiger partial charge in [0.05, 0.1) is 13.2 Å². The molecule has 0 amide bonds. The van der Waals surface area contributed by atoms with Gasteiger partial charge in [-0.15, -0.1) is 0 Å². The van der Waals surface area contributed by atoms with E-state index in [4.69, 9.17) is 4.74 Å². The van der Waals surface area contributed by atoms with Crippen LogP contribution in [-0.2, 0) is 9.53 Å². The Hall–Kier alpha value is -0.610. The Bertz CT molecular complexity index is 229. The quantitative estimate of drug-likeness (QED) is 0.687. The lowest BCUT2D eigenvalue weighted by Gasteiger charge is -2.35. The molecule has 2 atom stereocenters. The monoisotopic (exact) mass is 212 g/mol. The van der Waals surface area contributed by atoms with Crippen molar-refractivity contribution in [2.45, 2.75) is 38.3 Å². The summed E-state index contributed by atoms with van der Waals surface area (Å²) in [6.45, 7) is 4.90. The molecule has 2 unspecified atom stereocenters. The second-order valence-corrected chi connectivity index (χ2v) is 4.41. The van der Waals surface area contributed by atoms with Gasteiger partial charge in [-0.05, 0) is 32.7 Å². The fraction of sp³-hybridized carbons (Fsp3) is 0.909. The number of carbonyl (C=O) groups is 1. The van der Waals surface area contributed by atoms with Gasteiger partial charge in [0.25, 0.3) is 0 Å². The number of hydrogen-bond acceptors (Lipinski definition) is 4. The van der Waals surface area contributed by atoms with Gasteiger partial charge in [0, 0.05) is 18.6 Å². The molecule has 0 aliphatic carbocycles. The van der Waals surface area contributed by atoms with Crippen LogP contribution in [0.3, 0.4) is 0 Å². The van der Waals surface area contributed by atoms with Crippen molar-refractivity contribution >= 4 is 5.97 Å². The van der Waals surface area contributed by atoms with Crippen LogP contribution in [0, 0.1) is 0 Å². The van der Waals surface area contributed by atoms with E-state index >= 15 is 0 Å². The first-order valence-electron chi connectivity index (χ1n) is 5.92. The second-order valence-electron chi connectivity index (χ2n) is 4.41. The van der Waals surface area contributed by atoms with E-state index in [0.717, 1.165) is 19.5 Å². The van der Waals surface area contributed by atoms with Crippen LogP contribution in [0.15, 0.2) is 0 Å². The highest BCUT2D eigenvalue weighted by molar-refractivity contribution is 5.71. The zero-order chi connectivity index (χ0) is 10.7. The predicted molar refractivity (Wildman–Crippen MR) is 57.6 cm³/mol. The first kappa shape index (κ1) is 10.9. The van der Waals surface area contributed by atoms with Crippen molar-refractivity contribution < 1.29 is 9.53 Å². The van der Waals surface area contributed by atoms with Crippen LogP contribution in [-0.4, -0.2) is 49.2 Å². The van der Waals surface area contributed by atoms with Crippen LogP contribution in [0.1, 0.15) is 26.2 Å². The number of ether oxygens (including phenoxy) is 1. The molecule has 2 bridgehead atoms. The van der Waals surface area contributed by atoms with Crippen LogP contribution in [0.2, 0.25) is 0 Å². The molecule has 3 aliphatic rings. The summed E-state index contributed by atoms with van der Waals surface area (Å²) in [6.07, 6.45) is 3.64. The van der Waals surface area contributed by atoms with Crippen molar-refractivity contribution in [2.24, 2.45) is 0 Å². The van der Waals surface area contributed by atoms with Gasteiger partial charge in [-0.25, -0.2) is 0 Å². The Morgan fingerprint density at radius 2 is 2.33 bits per heavy atom. The Morgan fingerprint density at radius 3 is 3.13 bits per heavy atom. The van der Waals surface area contributed by atoms with Gasteiger partial charge in [0.2, 0.25) is 0 Å². The first-order valence-corrected chi connectivity index (χ1v) is 5.92. The average molecular weight is 212 g/mol. The lowest BCUT2D eigenvalue weighted by molar-refractivity contribution is -0.145. The van der Waals surface area contributed by atoms with Crippen molar-refractivity contribution in [1.29, 1.82) is 0 Å². The van der Waals surface area contributed by atoms with Crippen LogP contribution >= 0.6 is 0 Å². The van der Waals surface area contributed by atoms with Gasteiger partial charge >= 0.3 is 5.97 Å². The van der Waals surface area contributed by atoms with Crippen LogP contribution in [0.5, 0.6) is 0 Å². The number of hydrogen-bond donors (Lipinski definition) is 1. The smallest absolute Gasteiger partial charge is 0.320 e. The second kappa shape index (κ2) is 4.94. The highest BCUT2D eigenvalue weighted by Gasteiger charge is 2.32. The SMILES string of the molecule is CCOC(=O)CN1CC2CCC1CCN2. The van der Waals surface area contributed by atoms with Gasteiger partial charge in [-0.2, -0.15) is 0 Å². The molecule has 0 aromatic rings. The van der Waals surface area contributed by atoms with Gasteiger partial charge in [-0.1, -0.05) is 0 Å². The van der Waals surface area contributed by atoms with Crippen molar-refractivity contribution in [2.75, 3.05) is 26.2 Å². The van der Waals surface area contributed by atoms with E-state index in [1.807, 2.05) is 6.92 Å². The fourth-order valence-corrected chi connectivity index (χ4v) is 2.61. The average Bonchev–Trinajstić information content (AvgIpc) is 2.52. The predicted octanol–water partition coefficient (Wildman–Crippen LogP) is 0.376. The molecule has 86 valence electrons. The van der Waals surface area contributed by atoms with E-state index in [1.54, 1.807) is 0 Å². The Balaban J connectivity index is 1.89. The molecular formula is C11H20N2O2. The third kappa shape index (κ3) is 2.69. The summed E-state index contributed by atoms with van der Waals surface area (Å²) >= 11 is 0. The van der Waals surface area contributed by atoms with Gasteiger partial charge in [-0.3, -0.25) is 9.69 Å². The van der Waals surface area contributed by atoms with E-state index in [1.165, 1.54) is 12.8 Å². The van der Waals surface area contributed by atoms with Crippen molar-refractivity contribution in [3.8, 4) is 0 Å². The Labute approximate surface area is 91.0 Å². The summed E-state index contributed by atoms with van der Waals surface area (Å²) in [6, 6.07) is 1.17. The molecule has 15 heavy (non-hydrogen) atoms. The molecular weight excluding hydrogens is 192 g/mol. The highest BCUT2D eigenvalue weighted by Crippen LogP contribution is 2.22. The minimum atomic E-state index is -0.0787. The summed E-state index contributed by atoms with van der Waals surface area (Å²) in [5, 5.41) is 3.51. The molecule has 3 rings (SSSR count). The van der Waals surface area contributed by atoms with Crippen LogP contribution in [0.25, 0.3) is 0 Å². The molecule has 3 fully saturated rings. The maximum Gasteiger partial charge on any atom is 0.320 e. The number of nitrogens with one attached hydrogen (secondary N) is 1. The summed E-state index contributed by atoms with van der Waals surface area (Å²) < 4.78 is 4.99. The third-order valence-corrected chi connectivity index (χ3v) is 3.37. The number of esters is 1. The van der Waals surface area contributed by atoms with E-state index in [9.17, 15) is 4.79 Å². The summed E-state index contributed by atoms with van der Waals surface area (Å²) in [5.74, 6) is -0.0787. The van der Waals surface area contributed by atoms with E-state index < -0.39 is 0 Å². The molecule has 3 heterocycles. The Morgan fingerprint density at radius 1 is 1.47 bits per heavy atom. The molecule has 0 aromatic carbocycles. The van der Waals surface area contributed by atoms with E-state index in [-0.39, 0.29) is 5.97 Å². The summed E-state index contributed by atoms with van der Waals surface area (Å²) in [4.78, 5) is 13.7. The number of nitrogens with zero attached hydrogens (tertiary/aromatic N) is 1. The first-order chi connectivity index (χ1) is 7.29. The maximum absolute atomic E-state index is 11.4. The summed E-state index contributed by atoms with van der Waals surface area (Å²) in [5.41, 5.74) is 0. The number of piperidine rings is 1. The van der Waals surface area contributed by atoms with Crippen LogP contribution < -0.4 is 5.32 Å². The van der Waals surface area contributed by atoms with Crippen molar-refractivity contribution in [3.63, 3.8) is 0 Å². The molecule has 4 nitrogen and oxygen atoms in total. The molecule has 4 heteroatoms. The molecule has 1 N–H and O–H groups in total. The normalized spacial score (nSPS) is 31.3. The summed E-state index contributed by atoms with van der Waals surface area (Å²) in [7, 11) is 0. The van der Waals surface area contributed by atoms with Crippen LogP contribution in [0.4, 0.5) is 0 Å². The number of fused-ring (bicyclic) bond motifs is 4. The highest BCUT2D eigenvalue weighted by atomic mass is 16.5. The standard InChI is InChI=1S/C11H20N2O2/c1-2-15-11(14)8-13-7-9-3-4-10(13)5-6-12-9/h9-10,12H,2-8H2,1H3. The number of rotatable bonds is 3. The van der Waals surface area contributed by atoms with Gasteiger partial charge in [0.1, 0.15) is 0 Å². The molecule has 0 saturated carbocycles. The lowest BCUT2D eigenvalue weighted by atomic mass is 9.99. The maximum atomic E-state index is 11.4.